The van der Waals surface area contributed by atoms with Crippen LogP contribution in [-0.2, 0) is 9.53 Å². The zero-order valence-electron chi connectivity index (χ0n) is 16.2. The fourth-order valence-electron chi connectivity index (χ4n) is 3.91. The summed E-state index contributed by atoms with van der Waals surface area (Å²) in [6, 6.07) is 9.40. The van der Waals surface area contributed by atoms with Crippen molar-refractivity contribution in [2.24, 2.45) is 0 Å². The smallest absolute Gasteiger partial charge is 0.339 e. The number of ketones is 1. The maximum atomic E-state index is 12.2. The Bertz CT molecular complexity index is 816. The van der Waals surface area contributed by atoms with E-state index in [9.17, 15) is 9.59 Å². The highest BCUT2D eigenvalue weighted by Gasteiger charge is 2.22. The molecule has 0 aliphatic heterocycles. The van der Waals surface area contributed by atoms with Crippen LogP contribution in [0.2, 0.25) is 5.02 Å². The molecule has 1 saturated carbocycles. The Balaban J connectivity index is 1.72. The van der Waals surface area contributed by atoms with Crippen LogP contribution in [0.3, 0.4) is 0 Å². The quantitative estimate of drug-likeness (QED) is 0.560. The molecule has 1 atom stereocenters. The van der Waals surface area contributed by atoms with Crippen molar-refractivity contribution in [2.45, 2.75) is 57.3 Å². The summed E-state index contributed by atoms with van der Waals surface area (Å²) in [5.41, 5.74) is 2.52. The van der Waals surface area contributed by atoms with Crippen LogP contribution in [0.25, 0.3) is 0 Å². The molecule has 1 aromatic heterocycles. The van der Waals surface area contributed by atoms with E-state index in [0.29, 0.717) is 17.9 Å². The van der Waals surface area contributed by atoms with Crippen LogP contribution in [-0.4, -0.2) is 23.3 Å². The lowest BCUT2D eigenvalue weighted by Gasteiger charge is -2.24. The second-order valence-corrected chi connectivity index (χ2v) is 7.97. The van der Waals surface area contributed by atoms with E-state index < -0.39 is 5.97 Å². The number of ether oxygens (including phenoxy) is 1. The Morgan fingerprint density at radius 1 is 1.21 bits per heavy atom. The van der Waals surface area contributed by atoms with Gasteiger partial charge in [-0.15, -0.1) is 0 Å². The second-order valence-electron chi connectivity index (χ2n) is 7.56. The highest BCUT2D eigenvalue weighted by Crippen LogP contribution is 2.37. The number of pyridine rings is 1. The Labute approximate surface area is 171 Å². The number of carbonyl (C=O) groups is 2. The van der Waals surface area contributed by atoms with Crippen molar-refractivity contribution in [3.8, 4) is 0 Å². The van der Waals surface area contributed by atoms with Gasteiger partial charge in [0.1, 0.15) is 5.78 Å². The molecule has 0 N–H and O–H groups in total. The molecule has 0 spiro atoms. The largest absolute Gasteiger partial charge is 0.461 e. The summed E-state index contributed by atoms with van der Waals surface area (Å²) < 4.78 is 5.46. The number of aromatic nitrogens is 1. The van der Waals surface area contributed by atoms with Gasteiger partial charge in [-0.3, -0.25) is 4.98 Å². The minimum absolute atomic E-state index is 0.0508. The molecule has 1 heterocycles. The van der Waals surface area contributed by atoms with Gasteiger partial charge in [-0.1, -0.05) is 43.0 Å². The monoisotopic (exact) mass is 399 g/mol. The van der Waals surface area contributed by atoms with Crippen molar-refractivity contribution in [1.82, 2.24) is 4.98 Å². The molecular weight excluding hydrogens is 374 g/mol. The normalized spacial score (nSPS) is 15.8. The number of esters is 1. The molecule has 0 saturated heterocycles. The minimum atomic E-state index is -0.438. The molecule has 1 fully saturated rings. The summed E-state index contributed by atoms with van der Waals surface area (Å²) in [6.45, 7) is 1.68. The van der Waals surface area contributed by atoms with Crippen molar-refractivity contribution >= 4 is 23.4 Å². The van der Waals surface area contributed by atoms with Crippen LogP contribution in [0.15, 0.2) is 42.7 Å². The van der Waals surface area contributed by atoms with Gasteiger partial charge < -0.3 is 9.53 Å². The van der Waals surface area contributed by atoms with Gasteiger partial charge in [0.25, 0.3) is 0 Å². The van der Waals surface area contributed by atoms with E-state index in [1.807, 2.05) is 12.1 Å². The third-order valence-electron chi connectivity index (χ3n) is 5.39. The molecule has 4 nitrogen and oxygen atoms in total. The Hall–Kier alpha value is -2.20. The third-order valence-corrected chi connectivity index (χ3v) is 5.71. The molecule has 1 aliphatic rings. The van der Waals surface area contributed by atoms with Crippen molar-refractivity contribution in [2.75, 3.05) is 6.61 Å². The number of hydrogen-bond donors (Lipinski definition) is 0. The van der Waals surface area contributed by atoms with Gasteiger partial charge in [0.15, 0.2) is 0 Å². The van der Waals surface area contributed by atoms with Crippen LogP contribution in [0.1, 0.15) is 78.8 Å². The van der Waals surface area contributed by atoms with E-state index in [0.717, 1.165) is 10.6 Å². The SMILES string of the molecule is CC(=O)CC(COC(=O)c1cccnc1)c1ccc(C2CCCCC2)c(Cl)c1. The summed E-state index contributed by atoms with van der Waals surface area (Å²) in [6.07, 6.45) is 9.54. The zero-order valence-corrected chi connectivity index (χ0v) is 17.0. The van der Waals surface area contributed by atoms with Crippen molar-refractivity contribution in [1.29, 1.82) is 0 Å². The molecule has 3 rings (SSSR count). The lowest BCUT2D eigenvalue weighted by Crippen LogP contribution is -2.16. The average molecular weight is 400 g/mol. The van der Waals surface area contributed by atoms with Gasteiger partial charge in [0.05, 0.1) is 12.2 Å². The van der Waals surface area contributed by atoms with Crippen LogP contribution >= 0.6 is 11.6 Å². The average Bonchev–Trinajstić information content (AvgIpc) is 2.72. The van der Waals surface area contributed by atoms with E-state index >= 15 is 0 Å². The zero-order chi connectivity index (χ0) is 19.9. The number of rotatable bonds is 7. The number of benzene rings is 1. The van der Waals surface area contributed by atoms with Crippen LogP contribution < -0.4 is 0 Å². The minimum Gasteiger partial charge on any atom is -0.461 e. The Kier molecular flexibility index (Phi) is 7.21. The van der Waals surface area contributed by atoms with Gasteiger partial charge in [0.2, 0.25) is 0 Å². The maximum Gasteiger partial charge on any atom is 0.339 e. The Morgan fingerprint density at radius 2 is 2.00 bits per heavy atom. The summed E-state index contributed by atoms with van der Waals surface area (Å²) >= 11 is 6.60. The summed E-state index contributed by atoms with van der Waals surface area (Å²) in [5.74, 6) is -0.0810. The summed E-state index contributed by atoms with van der Waals surface area (Å²) in [5, 5.41) is 0.747. The molecule has 0 bridgehead atoms. The first kappa shape index (κ1) is 20.5. The first-order chi connectivity index (χ1) is 13.5. The number of nitrogens with zero attached hydrogens (tertiary/aromatic N) is 1. The predicted molar refractivity (Wildman–Crippen MR) is 110 cm³/mol. The number of carbonyl (C=O) groups excluding carboxylic acids is 2. The molecule has 28 heavy (non-hydrogen) atoms. The first-order valence-corrected chi connectivity index (χ1v) is 10.3. The first-order valence-electron chi connectivity index (χ1n) is 9.90. The van der Waals surface area contributed by atoms with E-state index in [1.165, 1.54) is 43.9 Å². The number of Topliss-reactive ketones (excluding diaryl/α,β-unsaturated/α-hetero) is 1. The molecule has 1 unspecified atom stereocenters. The third kappa shape index (κ3) is 5.41. The highest BCUT2D eigenvalue weighted by atomic mass is 35.5. The number of halogens is 1. The van der Waals surface area contributed by atoms with Gasteiger partial charge in [0, 0.05) is 29.8 Å². The lowest BCUT2D eigenvalue weighted by atomic mass is 9.83. The molecule has 148 valence electrons. The van der Waals surface area contributed by atoms with E-state index in [4.69, 9.17) is 16.3 Å². The fraction of sp³-hybridized carbons (Fsp3) is 0.435. The number of hydrogen-bond acceptors (Lipinski definition) is 4. The Morgan fingerprint density at radius 3 is 2.64 bits per heavy atom. The molecule has 2 aromatic rings. The van der Waals surface area contributed by atoms with Crippen molar-refractivity contribution < 1.29 is 14.3 Å². The molecule has 1 aliphatic carbocycles. The van der Waals surface area contributed by atoms with Crippen LogP contribution in [0.5, 0.6) is 0 Å². The highest BCUT2D eigenvalue weighted by molar-refractivity contribution is 6.31. The molecule has 1 aromatic carbocycles. The van der Waals surface area contributed by atoms with Crippen molar-refractivity contribution in [3.63, 3.8) is 0 Å². The second kappa shape index (κ2) is 9.83. The molecule has 0 amide bonds. The van der Waals surface area contributed by atoms with Crippen molar-refractivity contribution in [3.05, 3.63) is 64.4 Å². The molecular formula is C23H26ClNO3. The van der Waals surface area contributed by atoms with E-state index in [2.05, 4.69) is 11.1 Å². The van der Waals surface area contributed by atoms with E-state index in [1.54, 1.807) is 25.3 Å². The van der Waals surface area contributed by atoms with Crippen LogP contribution in [0.4, 0.5) is 0 Å². The molecule has 0 radical (unpaired) electrons. The van der Waals surface area contributed by atoms with E-state index in [-0.39, 0.29) is 18.3 Å². The topological polar surface area (TPSA) is 56.3 Å². The van der Waals surface area contributed by atoms with Crippen LogP contribution in [0, 0.1) is 0 Å². The van der Waals surface area contributed by atoms with Gasteiger partial charge in [-0.2, -0.15) is 0 Å². The summed E-state index contributed by atoms with van der Waals surface area (Å²) in [7, 11) is 0. The summed E-state index contributed by atoms with van der Waals surface area (Å²) in [4.78, 5) is 27.9. The maximum absolute atomic E-state index is 12.2. The fourth-order valence-corrected chi connectivity index (χ4v) is 4.25. The molecule has 5 heteroatoms. The predicted octanol–water partition coefficient (Wildman–Crippen LogP) is 5.70. The van der Waals surface area contributed by atoms with Gasteiger partial charge >= 0.3 is 5.97 Å². The van der Waals surface area contributed by atoms with Gasteiger partial charge in [-0.05, 0) is 55.0 Å². The standard InChI is InChI=1S/C23H26ClNO3/c1-16(26)12-20(15-28-23(27)19-8-5-11-25-14-19)18-9-10-21(22(24)13-18)17-6-3-2-4-7-17/h5,8-11,13-14,17,20H,2-4,6-7,12,15H2,1H3. The van der Waals surface area contributed by atoms with Gasteiger partial charge in [-0.25, -0.2) is 4.79 Å². The lowest BCUT2D eigenvalue weighted by molar-refractivity contribution is -0.117.